The number of carbonyl (C=O) groups excluding carboxylic acids is 1. The van der Waals surface area contributed by atoms with Crippen LogP contribution in [0.15, 0.2) is 10.6 Å². The molecule has 1 rings (SSSR count). The summed E-state index contributed by atoms with van der Waals surface area (Å²) in [7, 11) is 0. The van der Waals surface area contributed by atoms with Crippen molar-refractivity contribution in [2.45, 2.75) is 39.5 Å². The lowest BCUT2D eigenvalue weighted by Gasteiger charge is -2.04. The molecule has 0 saturated carbocycles. The lowest BCUT2D eigenvalue weighted by atomic mass is 10.0. The van der Waals surface area contributed by atoms with Gasteiger partial charge in [-0.25, -0.2) is 4.79 Å². The van der Waals surface area contributed by atoms with Gasteiger partial charge in [0.1, 0.15) is 0 Å². The normalized spacial score (nSPS) is 25.1. The summed E-state index contributed by atoms with van der Waals surface area (Å²) in [6, 6.07) is 0. The van der Waals surface area contributed by atoms with Crippen LogP contribution in [0.3, 0.4) is 0 Å². The number of ether oxygens (including phenoxy) is 1. The van der Waals surface area contributed by atoms with Crippen molar-refractivity contribution in [1.29, 1.82) is 0 Å². The number of rotatable bonds is 4. The van der Waals surface area contributed by atoms with Gasteiger partial charge < -0.3 is 4.74 Å². The van der Waals surface area contributed by atoms with Gasteiger partial charge in [-0.15, -0.1) is 0 Å². The molecule has 0 aliphatic carbocycles. The van der Waals surface area contributed by atoms with Gasteiger partial charge in [-0.1, -0.05) is 38.3 Å². The Labute approximate surface area is 90.3 Å². The highest BCUT2D eigenvalue weighted by Gasteiger charge is 2.29. The van der Waals surface area contributed by atoms with Crippen LogP contribution in [0.5, 0.6) is 0 Å². The molecule has 1 aliphatic rings. The summed E-state index contributed by atoms with van der Waals surface area (Å²) in [6.07, 6.45) is 4.19. The highest BCUT2D eigenvalue weighted by atomic mass is 35.5. The first kappa shape index (κ1) is 11.6. The molecule has 3 heteroatoms. The molecule has 0 spiro atoms. The molecule has 1 unspecified atom stereocenters. The zero-order valence-electron chi connectivity index (χ0n) is 8.81. The van der Waals surface area contributed by atoms with Crippen molar-refractivity contribution in [1.82, 2.24) is 0 Å². The molecule has 1 heterocycles. The van der Waals surface area contributed by atoms with E-state index in [1.807, 2.05) is 6.92 Å². The topological polar surface area (TPSA) is 26.3 Å². The molecular weight excluding hydrogens is 200 g/mol. The van der Waals surface area contributed by atoms with Crippen molar-refractivity contribution < 1.29 is 9.53 Å². The highest BCUT2D eigenvalue weighted by Crippen LogP contribution is 2.28. The van der Waals surface area contributed by atoms with E-state index in [1.54, 1.807) is 0 Å². The number of hydrogen-bond donors (Lipinski definition) is 0. The van der Waals surface area contributed by atoms with Gasteiger partial charge >= 0.3 is 5.97 Å². The lowest BCUT2D eigenvalue weighted by molar-refractivity contribution is -0.135. The van der Waals surface area contributed by atoms with E-state index in [1.165, 1.54) is 6.42 Å². The van der Waals surface area contributed by atoms with Gasteiger partial charge in [0.25, 0.3) is 0 Å². The summed E-state index contributed by atoms with van der Waals surface area (Å²) >= 11 is 6.09. The van der Waals surface area contributed by atoms with Crippen LogP contribution in [0.4, 0.5) is 0 Å². The quantitative estimate of drug-likeness (QED) is 0.410. The summed E-state index contributed by atoms with van der Waals surface area (Å²) < 4.78 is 4.92. The van der Waals surface area contributed by atoms with E-state index in [0.29, 0.717) is 17.2 Å². The van der Waals surface area contributed by atoms with Gasteiger partial charge in [0.05, 0.1) is 12.2 Å². The van der Waals surface area contributed by atoms with Crippen LogP contribution in [-0.4, -0.2) is 12.6 Å². The first-order valence-corrected chi connectivity index (χ1v) is 5.60. The molecule has 0 aromatic rings. The number of hydrogen-bond acceptors (Lipinski definition) is 2. The smallest absolute Gasteiger partial charge is 0.335 e. The monoisotopic (exact) mass is 216 g/mol. The Hall–Kier alpha value is -0.500. The van der Waals surface area contributed by atoms with Crippen molar-refractivity contribution in [2.75, 3.05) is 6.61 Å². The number of allylic oxidation sites excluding steroid dienone is 1. The van der Waals surface area contributed by atoms with Gasteiger partial charge in [0.2, 0.25) is 0 Å². The van der Waals surface area contributed by atoms with E-state index >= 15 is 0 Å². The third kappa shape index (κ3) is 2.74. The van der Waals surface area contributed by atoms with Gasteiger partial charge in [-0.3, -0.25) is 0 Å². The average molecular weight is 217 g/mol. The third-order valence-electron chi connectivity index (χ3n) is 2.47. The Morgan fingerprint density at radius 1 is 1.57 bits per heavy atom. The number of carbonyl (C=O) groups is 1. The SMILES string of the molecule is CCCCC/C(Cl)=C1/C(=O)OCC1C. The predicted octanol–water partition coefficient (Wildman–Crippen LogP) is 3.25. The molecule has 0 amide bonds. The fourth-order valence-corrected chi connectivity index (χ4v) is 2.00. The number of cyclic esters (lactones) is 1. The maximum atomic E-state index is 11.3. The molecule has 0 bridgehead atoms. The van der Waals surface area contributed by atoms with E-state index in [9.17, 15) is 4.79 Å². The predicted molar refractivity (Wildman–Crippen MR) is 57.1 cm³/mol. The molecule has 0 aromatic heterocycles. The number of halogens is 1. The summed E-state index contributed by atoms with van der Waals surface area (Å²) in [4.78, 5) is 11.3. The van der Waals surface area contributed by atoms with E-state index in [0.717, 1.165) is 19.3 Å². The molecule has 0 N–H and O–H groups in total. The molecule has 2 nitrogen and oxygen atoms in total. The van der Waals surface area contributed by atoms with E-state index in [-0.39, 0.29) is 11.9 Å². The minimum atomic E-state index is -0.223. The number of unbranched alkanes of at least 4 members (excludes halogenated alkanes) is 2. The minimum absolute atomic E-state index is 0.164. The van der Waals surface area contributed by atoms with Crippen molar-refractivity contribution in [3.63, 3.8) is 0 Å². The minimum Gasteiger partial charge on any atom is -0.462 e. The summed E-state index contributed by atoms with van der Waals surface area (Å²) in [5.41, 5.74) is 0.697. The zero-order chi connectivity index (χ0) is 10.6. The Morgan fingerprint density at radius 3 is 2.79 bits per heavy atom. The molecule has 1 fully saturated rings. The fraction of sp³-hybridized carbons (Fsp3) is 0.727. The largest absolute Gasteiger partial charge is 0.462 e. The molecule has 14 heavy (non-hydrogen) atoms. The van der Waals surface area contributed by atoms with Crippen LogP contribution in [-0.2, 0) is 9.53 Å². The standard InChI is InChI=1S/C11H17ClO2/c1-3-4-5-6-9(12)10-8(2)7-14-11(10)13/h8H,3-7H2,1-2H3/b10-9-. The molecule has 1 aliphatic heterocycles. The molecule has 0 radical (unpaired) electrons. The van der Waals surface area contributed by atoms with Gasteiger partial charge in [0, 0.05) is 11.0 Å². The second-order valence-electron chi connectivity index (χ2n) is 3.78. The second-order valence-corrected chi connectivity index (χ2v) is 4.23. The van der Waals surface area contributed by atoms with Crippen molar-refractivity contribution in [2.24, 2.45) is 5.92 Å². The van der Waals surface area contributed by atoms with Crippen molar-refractivity contribution >= 4 is 17.6 Å². The molecule has 0 aromatic carbocycles. The van der Waals surface area contributed by atoms with Crippen molar-refractivity contribution in [3.8, 4) is 0 Å². The van der Waals surface area contributed by atoms with Gasteiger partial charge in [0.15, 0.2) is 0 Å². The number of esters is 1. The van der Waals surface area contributed by atoms with Crippen LogP contribution < -0.4 is 0 Å². The van der Waals surface area contributed by atoms with Crippen LogP contribution in [0.2, 0.25) is 0 Å². The molecule has 1 saturated heterocycles. The Balaban J connectivity index is 2.57. The van der Waals surface area contributed by atoms with Crippen molar-refractivity contribution in [3.05, 3.63) is 10.6 Å². The Kier molecular flexibility index (Phi) is 4.46. The van der Waals surface area contributed by atoms with E-state index in [4.69, 9.17) is 16.3 Å². The summed E-state index contributed by atoms with van der Waals surface area (Å²) in [5, 5.41) is 0.702. The maximum absolute atomic E-state index is 11.3. The summed E-state index contributed by atoms with van der Waals surface area (Å²) in [5.74, 6) is -0.0596. The van der Waals surface area contributed by atoms with Gasteiger partial charge in [-0.05, 0) is 12.8 Å². The Morgan fingerprint density at radius 2 is 2.29 bits per heavy atom. The van der Waals surface area contributed by atoms with Crippen LogP contribution in [0.25, 0.3) is 0 Å². The second kappa shape index (κ2) is 5.40. The third-order valence-corrected chi connectivity index (χ3v) is 2.86. The van der Waals surface area contributed by atoms with Crippen LogP contribution in [0, 0.1) is 5.92 Å². The maximum Gasteiger partial charge on any atom is 0.335 e. The first-order valence-electron chi connectivity index (χ1n) is 5.22. The summed E-state index contributed by atoms with van der Waals surface area (Å²) in [6.45, 7) is 4.61. The molecule has 80 valence electrons. The van der Waals surface area contributed by atoms with Crippen LogP contribution in [0.1, 0.15) is 39.5 Å². The van der Waals surface area contributed by atoms with Crippen LogP contribution >= 0.6 is 11.6 Å². The van der Waals surface area contributed by atoms with E-state index < -0.39 is 0 Å². The zero-order valence-corrected chi connectivity index (χ0v) is 9.56. The fourth-order valence-electron chi connectivity index (χ4n) is 1.61. The van der Waals surface area contributed by atoms with E-state index in [2.05, 4.69) is 6.92 Å². The Bertz CT molecular complexity index is 246. The van der Waals surface area contributed by atoms with Gasteiger partial charge in [-0.2, -0.15) is 0 Å². The lowest BCUT2D eigenvalue weighted by Crippen LogP contribution is -2.01. The molecule has 1 atom stereocenters. The first-order chi connectivity index (χ1) is 6.66. The highest BCUT2D eigenvalue weighted by molar-refractivity contribution is 6.31. The average Bonchev–Trinajstić information content (AvgIpc) is 2.46. The molecular formula is C11H17ClO2.